The summed E-state index contributed by atoms with van der Waals surface area (Å²) in [5, 5.41) is 0. The van der Waals surface area contributed by atoms with E-state index in [0.717, 1.165) is 6.42 Å². The van der Waals surface area contributed by atoms with Gasteiger partial charge in [-0.25, -0.2) is 0 Å². The summed E-state index contributed by atoms with van der Waals surface area (Å²) < 4.78 is 0. The molecular weight excluding hydrogens is 150 g/mol. The number of guanidine groups is 1. The van der Waals surface area contributed by atoms with Crippen LogP contribution in [0.15, 0.2) is 4.99 Å². The molecule has 0 aliphatic heterocycles. The van der Waals surface area contributed by atoms with Crippen molar-refractivity contribution < 1.29 is 0 Å². The fourth-order valence-corrected chi connectivity index (χ4v) is 0.855. The van der Waals surface area contributed by atoms with Gasteiger partial charge in [0.05, 0.1) is 0 Å². The summed E-state index contributed by atoms with van der Waals surface area (Å²) in [6.45, 7) is 8.33. The smallest absolute Gasteiger partial charge is 0.191 e. The molecule has 1 atom stereocenters. The van der Waals surface area contributed by atoms with Gasteiger partial charge in [-0.1, -0.05) is 6.92 Å². The first-order valence-electron chi connectivity index (χ1n) is 4.55. The van der Waals surface area contributed by atoms with Gasteiger partial charge >= 0.3 is 0 Å². The third kappa shape index (κ3) is 3.60. The second kappa shape index (κ2) is 5.01. The molecule has 2 N–H and O–H groups in total. The molecule has 0 aliphatic rings. The number of aliphatic imine (C=N–C) groups is 1. The van der Waals surface area contributed by atoms with E-state index < -0.39 is 0 Å². The van der Waals surface area contributed by atoms with E-state index in [4.69, 9.17) is 5.73 Å². The highest BCUT2D eigenvalue weighted by Crippen LogP contribution is 2.00. The molecule has 1 unspecified atom stereocenters. The van der Waals surface area contributed by atoms with Crippen LogP contribution in [-0.2, 0) is 0 Å². The number of nitrogens with zero attached hydrogens (tertiary/aromatic N) is 2. The highest BCUT2D eigenvalue weighted by Gasteiger charge is 2.08. The molecule has 0 spiro atoms. The van der Waals surface area contributed by atoms with Crippen LogP contribution in [0, 0.1) is 0 Å². The monoisotopic (exact) mass is 171 g/mol. The highest BCUT2D eigenvalue weighted by molar-refractivity contribution is 5.78. The summed E-state index contributed by atoms with van der Waals surface area (Å²) in [6, 6.07) is 0.740. The van der Waals surface area contributed by atoms with E-state index in [2.05, 4.69) is 18.8 Å². The number of nitrogens with two attached hydrogens (primary N) is 1. The maximum absolute atomic E-state index is 5.77. The van der Waals surface area contributed by atoms with Crippen molar-refractivity contribution in [2.45, 2.75) is 46.2 Å². The van der Waals surface area contributed by atoms with Gasteiger partial charge in [-0.05, 0) is 27.2 Å². The molecule has 3 heteroatoms. The Hall–Kier alpha value is -0.730. The number of hydrogen-bond acceptors (Lipinski definition) is 1. The second-order valence-corrected chi connectivity index (χ2v) is 3.45. The lowest BCUT2D eigenvalue weighted by Crippen LogP contribution is -2.40. The van der Waals surface area contributed by atoms with E-state index in [1.54, 1.807) is 0 Å². The molecule has 0 bridgehead atoms. The molecule has 0 heterocycles. The first-order chi connectivity index (χ1) is 5.49. The van der Waals surface area contributed by atoms with Gasteiger partial charge in [0.15, 0.2) is 5.96 Å². The summed E-state index contributed by atoms with van der Waals surface area (Å²) >= 11 is 0. The van der Waals surface area contributed by atoms with Crippen molar-refractivity contribution in [2.75, 3.05) is 7.05 Å². The zero-order valence-electron chi connectivity index (χ0n) is 8.83. The van der Waals surface area contributed by atoms with Gasteiger partial charge in [0, 0.05) is 19.1 Å². The molecule has 0 aromatic heterocycles. The van der Waals surface area contributed by atoms with Crippen molar-refractivity contribution in [3.8, 4) is 0 Å². The normalized spacial score (nSPS) is 15.0. The van der Waals surface area contributed by atoms with Gasteiger partial charge in [0.25, 0.3) is 0 Å². The van der Waals surface area contributed by atoms with Crippen LogP contribution in [0.1, 0.15) is 34.1 Å². The Morgan fingerprint density at radius 3 is 2.25 bits per heavy atom. The Balaban J connectivity index is 4.17. The van der Waals surface area contributed by atoms with Gasteiger partial charge in [0.1, 0.15) is 0 Å². The lowest BCUT2D eigenvalue weighted by atomic mass is 10.2. The zero-order chi connectivity index (χ0) is 9.72. The predicted octanol–water partition coefficient (Wildman–Crippen LogP) is 1.44. The van der Waals surface area contributed by atoms with Crippen molar-refractivity contribution in [3.05, 3.63) is 0 Å². The average Bonchev–Trinajstić information content (AvgIpc) is 2.00. The van der Waals surface area contributed by atoms with Crippen LogP contribution >= 0.6 is 0 Å². The average molecular weight is 171 g/mol. The molecule has 0 fully saturated rings. The second-order valence-electron chi connectivity index (χ2n) is 3.45. The molecule has 0 aromatic rings. The van der Waals surface area contributed by atoms with E-state index in [9.17, 15) is 0 Å². The minimum absolute atomic E-state index is 0.275. The van der Waals surface area contributed by atoms with Crippen molar-refractivity contribution in [1.29, 1.82) is 0 Å². The van der Waals surface area contributed by atoms with Crippen LogP contribution in [0.3, 0.4) is 0 Å². The van der Waals surface area contributed by atoms with Crippen molar-refractivity contribution in [2.24, 2.45) is 10.7 Å². The quantitative estimate of drug-likeness (QED) is 0.515. The van der Waals surface area contributed by atoms with Gasteiger partial charge < -0.3 is 10.6 Å². The van der Waals surface area contributed by atoms with Crippen LogP contribution in [0.5, 0.6) is 0 Å². The largest absolute Gasteiger partial charge is 0.370 e. The summed E-state index contributed by atoms with van der Waals surface area (Å²) in [6.07, 6.45) is 1.09. The molecule has 0 saturated carbocycles. The molecule has 12 heavy (non-hydrogen) atoms. The van der Waals surface area contributed by atoms with Crippen molar-refractivity contribution in [1.82, 2.24) is 4.90 Å². The number of hydrogen-bond donors (Lipinski definition) is 1. The van der Waals surface area contributed by atoms with E-state index >= 15 is 0 Å². The zero-order valence-corrected chi connectivity index (χ0v) is 8.83. The fourth-order valence-electron chi connectivity index (χ4n) is 0.855. The summed E-state index contributed by atoms with van der Waals surface area (Å²) in [7, 11) is 1.98. The van der Waals surface area contributed by atoms with Crippen LogP contribution in [-0.4, -0.2) is 30.0 Å². The molecule has 0 aromatic carbocycles. The minimum atomic E-state index is 0.275. The third-order valence-corrected chi connectivity index (χ3v) is 2.00. The van der Waals surface area contributed by atoms with Gasteiger partial charge in [-0.15, -0.1) is 0 Å². The maximum Gasteiger partial charge on any atom is 0.191 e. The minimum Gasteiger partial charge on any atom is -0.370 e. The fraction of sp³-hybridized carbons (Fsp3) is 0.889. The Labute approximate surface area is 75.7 Å². The standard InChI is InChI=1S/C9H21N3/c1-6-8(4)12(5)9(10)11-7(2)3/h7-8H,6H2,1-5H3,(H2,10,11). The molecule has 0 amide bonds. The molecular formula is C9H21N3. The topological polar surface area (TPSA) is 41.6 Å². The third-order valence-electron chi connectivity index (χ3n) is 2.00. The van der Waals surface area contributed by atoms with Gasteiger partial charge in [-0.3, -0.25) is 4.99 Å². The lowest BCUT2D eigenvalue weighted by molar-refractivity contribution is 0.374. The van der Waals surface area contributed by atoms with Crippen molar-refractivity contribution in [3.63, 3.8) is 0 Å². The van der Waals surface area contributed by atoms with E-state index in [0.29, 0.717) is 12.0 Å². The maximum atomic E-state index is 5.77. The molecule has 0 saturated heterocycles. The van der Waals surface area contributed by atoms with Crippen LogP contribution < -0.4 is 5.73 Å². The van der Waals surface area contributed by atoms with Crippen LogP contribution in [0.25, 0.3) is 0 Å². The highest BCUT2D eigenvalue weighted by atomic mass is 15.2. The van der Waals surface area contributed by atoms with E-state index in [-0.39, 0.29) is 6.04 Å². The summed E-state index contributed by atoms with van der Waals surface area (Å²) in [5.41, 5.74) is 5.77. The van der Waals surface area contributed by atoms with E-state index in [1.807, 2.05) is 25.8 Å². The Morgan fingerprint density at radius 2 is 1.92 bits per heavy atom. The van der Waals surface area contributed by atoms with Crippen molar-refractivity contribution >= 4 is 5.96 Å². The molecule has 72 valence electrons. The van der Waals surface area contributed by atoms with E-state index in [1.165, 1.54) is 0 Å². The first kappa shape index (κ1) is 11.3. The molecule has 3 nitrogen and oxygen atoms in total. The van der Waals surface area contributed by atoms with Gasteiger partial charge in [0.2, 0.25) is 0 Å². The molecule has 0 rings (SSSR count). The Bertz CT molecular complexity index is 152. The van der Waals surface area contributed by atoms with Crippen LogP contribution in [0.4, 0.5) is 0 Å². The Kier molecular flexibility index (Phi) is 4.71. The predicted molar refractivity (Wildman–Crippen MR) is 54.3 cm³/mol. The molecule has 0 radical (unpaired) electrons. The molecule has 0 aliphatic carbocycles. The Morgan fingerprint density at radius 1 is 1.42 bits per heavy atom. The number of rotatable bonds is 3. The van der Waals surface area contributed by atoms with Crippen LogP contribution in [0.2, 0.25) is 0 Å². The summed E-state index contributed by atoms with van der Waals surface area (Å²) in [4.78, 5) is 6.28. The summed E-state index contributed by atoms with van der Waals surface area (Å²) in [5.74, 6) is 0.638. The first-order valence-corrected chi connectivity index (χ1v) is 4.55. The van der Waals surface area contributed by atoms with Gasteiger partial charge in [-0.2, -0.15) is 0 Å². The lowest BCUT2D eigenvalue weighted by Gasteiger charge is -2.25. The SMILES string of the molecule is CCC(C)N(C)C(N)=NC(C)C.